The fraction of sp³-hybridized carbons (Fsp3) is 0.368. The minimum Gasteiger partial charge on any atom is -0.349 e. The van der Waals surface area contributed by atoms with Crippen molar-refractivity contribution in [1.29, 1.82) is 0 Å². The van der Waals surface area contributed by atoms with E-state index in [9.17, 15) is 9.59 Å². The lowest BCUT2D eigenvalue weighted by Crippen LogP contribution is -2.45. The summed E-state index contributed by atoms with van der Waals surface area (Å²) in [6.45, 7) is 1.19. The van der Waals surface area contributed by atoms with Gasteiger partial charge in [0, 0.05) is 22.9 Å². The van der Waals surface area contributed by atoms with E-state index in [0.29, 0.717) is 31.0 Å². The first kappa shape index (κ1) is 18.0. The number of hydrogen-bond acceptors (Lipinski definition) is 3. The maximum Gasteiger partial charge on any atom is 0.243 e. The minimum atomic E-state index is -0.335. The van der Waals surface area contributed by atoms with Crippen LogP contribution in [0, 0.1) is 0 Å². The topological polar surface area (TPSA) is 49.4 Å². The molecule has 1 aliphatic rings. The number of thiophene rings is 1. The van der Waals surface area contributed by atoms with Crippen LogP contribution < -0.4 is 5.32 Å². The Labute approximate surface area is 156 Å². The van der Waals surface area contributed by atoms with Crippen molar-refractivity contribution in [3.63, 3.8) is 0 Å². The maximum absolute atomic E-state index is 12.6. The summed E-state index contributed by atoms with van der Waals surface area (Å²) in [6.07, 6.45) is 2.69. The first-order chi connectivity index (χ1) is 12.1. The van der Waals surface area contributed by atoms with Gasteiger partial charge in [0.1, 0.15) is 6.04 Å². The van der Waals surface area contributed by atoms with Crippen molar-refractivity contribution in [3.8, 4) is 0 Å². The molecule has 0 radical (unpaired) electrons. The second kappa shape index (κ2) is 8.50. The zero-order valence-electron chi connectivity index (χ0n) is 13.9. The summed E-state index contributed by atoms with van der Waals surface area (Å²) in [6, 6.07) is 11.2. The SMILES string of the molecule is O=C(NCc1cccs1)[C@@H]1CCCN1C(=O)CCc1ccc(Cl)cc1. The zero-order chi connectivity index (χ0) is 17.6. The summed E-state index contributed by atoms with van der Waals surface area (Å²) < 4.78 is 0. The minimum absolute atomic E-state index is 0.0451. The number of likely N-dealkylation sites (tertiary alicyclic amines) is 1. The van der Waals surface area contributed by atoms with Gasteiger partial charge in [0.05, 0.1) is 6.54 Å². The maximum atomic E-state index is 12.6. The lowest BCUT2D eigenvalue weighted by molar-refractivity contribution is -0.138. The van der Waals surface area contributed by atoms with Crippen LogP contribution in [0.25, 0.3) is 0 Å². The van der Waals surface area contributed by atoms with E-state index in [1.54, 1.807) is 16.2 Å². The van der Waals surface area contributed by atoms with Crippen LogP contribution in [0.3, 0.4) is 0 Å². The van der Waals surface area contributed by atoms with Crippen molar-refractivity contribution in [2.24, 2.45) is 0 Å². The molecular formula is C19H21ClN2O2S. The molecule has 0 unspecified atom stereocenters. The summed E-state index contributed by atoms with van der Waals surface area (Å²) in [5.41, 5.74) is 1.08. The molecule has 1 aromatic carbocycles. The molecule has 2 heterocycles. The average molecular weight is 377 g/mol. The van der Waals surface area contributed by atoms with Crippen LogP contribution in [0.1, 0.15) is 29.7 Å². The fourth-order valence-corrected chi connectivity index (χ4v) is 3.86. The summed E-state index contributed by atoms with van der Waals surface area (Å²) in [5, 5.41) is 5.64. The monoisotopic (exact) mass is 376 g/mol. The molecule has 0 aliphatic carbocycles. The van der Waals surface area contributed by atoms with Gasteiger partial charge in [-0.3, -0.25) is 9.59 Å². The molecule has 3 rings (SSSR count). The molecular weight excluding hydrogens is 356 g/mol. The van der Waals surface area contributed by atoms with Crippen LogP contribution in [0.5, 0.6) is 0 Å². The van der Waals surface area contributed by atoms with Gasteiger partial charge in [-0.05, 0) is 48.4 Å². The molecule has 1 saturated heterocycles. The first-order valence-electron chi connectivity index (χ1n) is 8.47. The number of aryl methyl sites for hydroxylation is 1. The van der Waals surface area contributed by atoms with Crippen LogP contribution in [0.15, 0.2) is 41.8 Å². The highest BCUT2D eigenvalue weighted by atomic mass is 35.5. The highest BCUT2D eigenvalue weighted by Crippen LogP contribution is 2.20. The zero-order valence-corrected chi connectivity index (χ0v) is 15.5. The van der Waals surface area contributed by atoms with E-state index in [0.717, 1.165) is 23.3 Å². The van der Waals surface area contributed by atoms with Gasteiger partial charge in [0.2, 0.25) is 11.8 Å². The Bertz CT molecular complexity index is 716. The highest BCUT2D eigenvalue weighted by Gasteiger charge is 2.33. The van der Waals surface area contributed by atoms with Gasteiger partial charge >= 0.3 is 0 Å². The van der Waals surface area contributed by atoms with Gasteiger partial charge in [0.15, 0.2) is 0 Å². The molecule has 2 amide bonds. The van der Waals surface area contributed by atoms with E-state index in [1.807, 2.05) is 41.8 Å². The molecule has 1 N–H and O–H groups in total. The average Bonchev–Trinajstić information content (AvgIpc) is 3.30. The molecule has 0 bridgehead atoms. The quantitative estimate of drug-likeness (QED) is 0.836. The van der Waals surface area contributed by atoms with Gasteiger partial charge < -0.3 is 10.2 Å². The summed E-state index contributed by atoms with van der Waals surface area (Å²) in [4.78, 5) is 27.9. The van der Waals surface area contributed by atoms with E-state index in [4.69, 9.17) is 11.6 Å². The number of nitrogens with one attached hydrogen (secondary N) is 1. The van der Waals surface area contributed by atoms with E-state index in [-0.39, 0.29) is 17.9 Å². The van der Waals surface area contributed by atoms with Crippen molar-refractivity contribution in [1.82, 2.24) is 10.2 Å². The predicted octanol–water partition coefficient (Wildman–Crippen LogP) is 3.64. The van der Waals surface area contributed by atoms with Crippen LogP contribution in [-0.4, -0.2) is 29.3 Å². The van der Waals surface area contributed by atoms with Gasteiger partial charge in [0.25, 0.3) is 0 Å². The number of halogens is 1. The van der Waals surface area contributed by atoms with Gasteiger partial charge in [-0.25, -0.2) is 0 Å². The molecule has 2 aromatic rings. The van der Waals surface area contributed by atoms with Crippen molar-refractivity contribution in [2.45, 2.75) is 38.3 Å². The third kappa shape index (κ3) is 4.83. The number of amides is 2. The van der Waals surface area contributed by atoms with E-state index < -0.39 is 0 Å². The predicted molar refractivity (Wildman–Crippen MR) is 101 cm³/mol. The van der Waals surface area contributed by atoms with Crippen molar-refractivity contribution in [3.05, 3.63) is 57.2 Å². The lowest BCUT2D eigenvalue weighted by Gasteiger charge is -2.24. The normalized spacial score (nSPS) is 16.8. The number of hydrogen-bond donors (Lipinski definition) is 1. The van der Waals surface area contributed by atoms with Crippen molar-refractivity contribution < 1.29 is 9.59 Å². The lowest BCUT2D eigenvalue weighted by atomic mass is 10.1. The molecule has 1 aromatic heterocycles. The summed E-state index contributed by atoms with van der Waals surface area (Å²) in [5.74, 6) is -0.00512. The number of rotatable bonds is 6. The number of nitrogens with zero attached hydrogens (tertiary/aromatic N) is 1. The molecule has 1 aliphatic heterocycles. The van der Waals surface area contributed by atoms with Crippen molar-refractivity contribution in [2.75, 3.05) is 6.54 Å². The van der Waals surface area contributed by atoms with Gasteiger partial charge in [-0.2, -0.15) is 0 Å². The third-order valence-electron chi connectivity index (χ3n) is 4.43. The molecule has 4 nitrogen and oxygen atoms in total. The number of carbonyl (C=O) groups is 2. The Balaban J connectivity index is 1.52. The molecule has 0 spiro atoms. The van der Waals surface area contributed by atoms with Crippen molar-refractivity contribution >= 4 is 34.8 Å². The molecule has 1 atom stereocenters. The number of benzene rings is 1. The molecule has 0 saturated carbocycles. The second-order valence-corrected chi connectivity index (χ2v) is 7.64. The van der Waals surface area contributed by atoms with Gasteiger partial charge in [-0.15, -0.1) is 11.3 Å². The Hall–Kier alpha value is -1.85. The van der Waals surface area contributed by atoms with Crippen LogP contribution >= 0.6 is 22.9 Å². The van der Waals surface area contributed by atoms with Crippen LogP contribution in [0.2, 0.25) is 5.02 Å². The molecule has 25 heavy (non-hydrogen) atoms. The Kier molecular flexibility index (Phi) is 6.10. The summed E-state index contributed by atoms with van der Waals surface area (Å²) in [7, 11) is 0. The summed E-state index contributed by atoms with van der Waals surface area (Å²) >= 11 is 7.50. The smallest absolute Gasteiger partial charge is 0.243 e. The highest BCUT2D eigenvalue weighted by molar-refractivity contribution is 7.09. The van der Waals surface area contributed by atoms with E-state index in [1.165, 1.54) is 0 Å². The van der Waals surface area contributed by atoms with Gasteiger partial charge in [-0.1, -0.05) is 29.8 Å². The largest absolute Gasteiger partial charge is 0.349 e. The third-order valence-corrected chi connectivity index (χ3v) is 5.56. The first-order valence-corrected chi connectivity index (χ1v) is 9.73. The number of carbonyl (C=O) groups excluding carboxylic acids is 2. The van der Waals surface area contributed by atoms with E-state index in [2.05, 4.69) is 5.32 Å². The Morgan fingerprint density at radius 2 is 2.04 bits per heavy atom. The Morgan fingerprint density at radius 3 is 2.76 bits per heavy atom. The van der Waals surface area contributed by atoms with Crippen LogP contribution in [0.4, 0.5) is 0 Å². The Morgan fingerprint density at radius 1 is 1.24 bits per heavy atom. The molecule has 6 heteroatoms. The van der Waals surface area contributed by atoms with E-state index >= 15 is 0 Å². The van der Waals surface area contributed by atoms with Crippen LogP contribution in [-0.2, 0) is 22.6 Å². The standard InChI is InChI=1S/C19H21ClN2O2S/c20-15-8-5-14(6-9-15)7-10-18(23)22-11-1-4-17(22)19(24)21-13-16-3-2-12-25-16/h2-3,5-6,8-9,12,17H,1,4,7,10-11,13H2,(H,21,24)/t17-/m0/s1. The fourth-order valence-electron chi connectivity index (χ4n) is 3.09. The molecule has 1 fully saturated rings. The molecule has 132 valence electrons. The second-order valence-electron chi connectivity index (χ2n) is 6.17.